The Labute approximate surface area is 95.3 Å². The van der Waals surface area contributed by atoms with E-state index >= 15 is 0 Å². The number of rotatable bonds is 1. The van der Waals surface area contributed by atoms with Crippen LogP contribution >= 0.6 is 0 Å². The Morgan fingerprint density at radius 1 is 1.00 bits per heavy atom. The van der Waals surface area contributed by atoms with Crippen molar-refractivity contribution in [1.29, 1.82) is 0 Å². The third-order valence-electron chi connectivity index (χ3n) is 2.42. The maximum atomic E-state index is 10.9. The molecule has 0 spiro atoms. The van der Waals surface area contributed by atoms with Gasteiger partial charge in [-0.25, -0.2) is 0 Å². The van der Waals surface area contributed by atoms with Crippen LogP contribution in [0.4, 0.5) is 0 Å². The van der Waals surface area contributed by atoms with Crippen molar-refractivity contribution in [3.05, 3.63) is 72.2 Å². The maximum Gasteiger partial charge on any atom is 0.178 e. The number of carbonyl (C=O) groups excluding carboxylic acids is 1. The third kappa shape index (κ3) is 2.48. The molecule has 0 amide bonds. The smallest absolute Gasteiger partial charge is 0.178 e. The molecule has 1 aliphatic heterocycles. The molecule has 2 heteroatoms. The molecule has 80 valence electrons. The molecule has 0 bridgehead atoms. The van der Waals surface area contributed by atoms with Gasteiger partial charge in [0.1, 0.15) is 0 Å². The normalized spacial score (nSPS) is 21.1. The summed E-state index contributed by atoms with van der Waals surface area (Å²) in [5, 5.41) is 0. The van der Waals surface area contributed by atoms with Crippen molar-refractivity contribution in [3.8, 4) is 0 Å². The summed E-state index contributed by atoms with van der Waals surface area (Å²) in [6, 6.07) is 0. The molecule has 0 aromatic rings. The summed E-state index contributed by atoms with van der Waals surface area (Å²) in [5.41, 5.74) is 2.15. The highest BCUT2D eigenvalue weighted by Crippen LogP contribution is 2.12. The second kappa shape index (κ2) is 4.62. The molecule has 2 nitrogen and oxygen atoms in total. The number of ketones is 1. The van der Waals surface area contributed by atoms with E-state index in [4.69, 9.17) is 0 Å². The van der Waals surface area contributed by atoms with Crippen LogP contribution in [0.1, 0.15) is 0 Å². The minimum Gasteiger partial charge on any atom is -0.351 e. The van der Waals surface area contributed by atoms with Gasteiger partial charge in [0, 0.05) is 18.9 Å². The number of nitrogens with zero attached hydrogens (tertiary/aromatic N) is 1. The topological polar surface area (TPSA) is 20.3 Å². The van der Waals surface area contributed by atoms with Crippen LogP contribution in [0.25, 0.3) is 0 Å². The van der Waals surface area contributed by atoms with Crippen LogP contribution in [0.15, 0.2) is 72.2 Å². The molecule has 0 saturated heterocycles. The largest absolute Gasteiger partial charge is 0.351 e. The summed E-state index contributed by atoms with van der Waals surface area (Å²) < 4.78 is 0. The van der Waals surface area contributed by atoms with E-state index in [-0.39, 0.29) is 5.78 Å². The van der Waals surface area contributed by atoms with Crippen LogP contribution in [-0.2, 0) is 4.79 Å². The Bertz CT molecular complexity index is 455. The Morgan fingerprint density at radius 3 is 2.44 bits per heavy atom. The lowest BCUT2D eigenvalue weighted by Crippen LogP contribution is -2.09. The fourth-order valence-corrected chi connectivity index (χ4v) is 1.47. The van der Waals surface area contributed by atoms with Crippen molar-refractivity contribution in [3.63, 3.8) is 0 Å². The molecule has 1 heterocycles. The number of allylic oxidation sites excluding steroid dienone is 10. The highest BCUT2D eigenvalue weighted by atomic mass is 16.1. The summed E-state index contributed by atoms with van der Waals surface area (Å²) in [4.78, 5) is 13.0. The predicted octanol–water partition coefficient (Wildman–Crippen LogP) is 2.51. The molecule has 0 aromatic carbocycles. The summed E-state index contributed by atoms with van der Waals surface area (Å²) >= 11 is 0. The van der Waals surface area contributed by atoms with Gasteiger partial charge in [0.25, 0.3) is 0 Å². The second-order valence-electron chi connectivity index (χ2n) is 3.64. The summed E-state index contributed by atoms with van der Waals surface area (Å²) in [7, 11) is 2.00. The van der Waals surface area contributed by atoms with Gasteiger partial charge in [-0.3, -0.25) is 4.79 Å². The SMILES string of the molecule is CN1C=CC=CC1=CC=C1C=CC(=O)C=C1. The highest BCUT2D eigenvalue weighted by Gasteiger charge is 2.00. The minimum absolute atomic E-state index is 0.0439. The first-order chi connectivity index (χ1) is 7.75. The van der Waals surface area contributed by atoms with Gasteiger partial charge in [-0.1, -0.05) is 24.3 Å². The van der Waals surface area contributed by atoms with Gasteiger partial charge in [0.2, 0.25) is 0 Å². The fourth-order valence-electron chi connectivity index (χ4n) is 1.47. The standard InChI is InChI=1S/C14H13NO/c1-15-11-3-2-4-13(15)8-5-12-6-9-14(16)10-7-12/h2-11H,1H3. The van der Waals surface area contributed by atoms with E-state index in [0.717, 1.165) is 11.3 Å². The van der Waals surface area contributed by atoms with Crippen molar-refractivity contribution < 1.29 is 4.79 Å². The summed E-state index contributed by atoms with van der Waals surface area (Å²) in [5.74, 6) is 0.0439. The van der Waals surface area contributed by atoms with Crippen molar-refractivity contribution in [2.75, 3.05) is 7.05 Å². The zero-order valence-corrected chi connectivity index (χ0v) is 9.13. The molecular weight excluding hydrogens is 198 g/mol. The van der Waals surface area contributed by atoms with Crippen molar-refractivity contribution in [1.82, 2.24) is 4.90 Å². The summed E-state index contributed by atoms with van der Waals surface area (Å²) in [6.07, 6.45) is 18.8. The zero-order valence-electron chi connectivity index (χ0n) is 9.13. The minimum atomic E-state index is 0.0439. The van der Waals surface area contributed by atoms with E-state index in [1.54, 1.807) is 12.2 Å². The van der Waals surface area contributed by atoms with Gasteiger partial charge in [-0.15, -0.1) is 0 Å². The Morgan fingerprint density at radius 2 is 1.75 bits per heavy atom. The molecule has 2 aliphatic rings. The Kier molecular flexibility index (Phi) is 3.01. The molecule has 0 unspecified atom stereocenters. The fraction of sp³-hybridized carbons (Fsp3) is 0.0714. The quantitative estimate of drug-likeness (QED) is 0.664. The van der Waals surface area contributed by atoms with Gasteiger partial charge in [0.15, 0.2) is 5.78 Å². The maximum absolute atomic E-state index is 10.9. The lowest BCUT2D eigenvalue weighted by molar-refractivity contribution is -0.110. The van der Waals surface area contributed by atoms with Crippen molar-refractivity contribution >= 4 is 5.78 Å². The van der Waals surface area contributed by atoms with E-state index in [9.17, 15) is 4.79 Å². The predicted molar refractivity (Wildman–Crippen MR) is 65.5 cm³/mol. The summed E-state index contributed by atoms with van der Waals surface area (Å²) in [6.45, 7) is 0. The zero-order chi connectivity index (χ0) is 11.4. The first-order valence-corrected chi connectivity index (χ1v) is 5.15. The molecule has 0 aromatic heterocycles. The van der Waals surface area contributed by atoms with Gasteiger partial charge < -0.3 is 4.90 Å². The van der Waals surface area contributed by atoms with Crippen LogP contribution in [-0.4, -0.2) is 17.7 Å². The number of likely N-dealkylation sites (N-methyl/N-ethyl adjacent to an activating group) is 1. The van der Waals surface area contributed by atoms with Crippen molar-refractivity contribution in [2.45, 2.75) is 0 Å². The van der Waals surface area contributed by atoms with Crippen molar-refractivity contribution in [2.24, 2.45) is 0 Å². The average Bonchev–Trinajstić information content (AvgIpc) is 2.30. The molecular formula is C14H13NO. The van der Waals surface area contributed by atoms with Gasteiger partial charge in [-0.2, -0.15) is 0 Å². The molecule has 0 radical (unpaired) electrons. The van der Waals surface area contributed by atoms with E-state index in [0.29, 0.717) is 0 Å². The molecule has 0 N–H and O–H groups in total. The van der Waals surface area contributed by atoms with E-state index < -0.39 is 0 Å². The molecule has 0 atom stereocenters. The first kappa shape index (κ1) is 10.4. The van der Waals surface area contributed by atoms with Crippen LogP contribution in [0.5, 0.6) is 0 Å². The van der Waals surface area contributed by atoms with Crippen LogP contribution in [0.3, 0.4) is 0 Å². The average molecular weight is 211 g/mol. The monoisotopic (exact) mass is 211 g/mol. The highest BCUT2D eigenvalue weighted by molar-refractivity contribution is 6.01. The first-order valence-electron chi connectivity index (χ1n) is 5.15. The van der Waals surface area contributed by atoms with Crippen LogP contribution < -0.4 is 0 Å². The van der Waals surface area contributed by atoms with E-state index in [1.165, 1.54) is 0 Å². The third-order valence-corrected chi connectivity index (χ3v) is 2.42. The van der Waals surface area contributed by atoms with Gasteiger partial charge >= 0.3 is 0 Å². The van der Waals surface area contributed by atoms with Gasteiger partial charge in [0.05, 0.1) is 0 Å². The lowest BCUT2D eigenvalue weighted by Gasteiger charge is -2.17. The van der Waals surface area contributed by atoms with Crippen LogP contribution in [0, 0.1) is 0 Å². The molecule has 2 rings (SSSR count). The number of hydrogen-bond acceptors (Lipinski definition) is 2. The van der Waals surface area contributed by atoms with Gasteiger partial charge in [-0.05, 0) is 36.0 Å². The molecule has 0 saturated carbocycles. The number of carbonyl (C=O) groups is 1. The Balaban J connectivity index is 2.14. The second-order valence-corrected chi connectivity index (χ2v) is 3.64. The van der Waals surface area contributed by atoms with E-state index in [1.807, 2.05) is 60.7 Å². The molecule has 16 heavy (non-hydrogen) atoms. The lowest BCUT2D eigenvalue weighted by atomic mass is 10.1. The molecule has 1 aliphatic carbocycles. The number of hydrogen-bond donors (Lipinski definition) is 0. The molecule has 0 fully saturated rings. The van der Waals surface area contributed by atoms with E-state index in [2.05, 4.69) is 0 Å². The Hall–Kier alpha value is -2.09. The van der Waals surface area contributed by atoms with Crippen LogP contribution in [0.2, 0.25) is 0 Å².